The number of nitrogens with one attached hydrogen (secondary N) is 1. The number of rotatable bonds is 6. The van der Waals surface area contributed by atoms with Gasteiger partial charge in [-0.15, -0.1) is 0 Å². The minimum absolute atomic E-state index is 0.728. The van der Waals surface area contributed by atoms with Crippen LogP contribution in [0, 0.1) is 0 Å². The average molecular weight is 210 g/mol. The first-order valence-corrected chi connectivity index (χ1v) is 4.85. The summed E-state index contributed by atoms with van der Waals surface area (Å²) in [6, 6.07) is 3.77. The number of pyridine rings is 1. The SMILES string of the molecule is COCCN(C)Cc1cc(NN)ccn1. The number of aromatic nitrogens is 1. The van der Waals surface area contributed by atoms with Crippen molar-refractivity contribution in [2.24, 2.45) is 5.84 Å². The van der Waals surface area contributed by atoms with E-state index in [4.69, 9.17) is 10.6 Å². The van der Waals surface area contributed by atoms with Crippen LogP contribution in [-0.4, -0.2) is 37.2 Å². The molecule has 0 aliphatic rings. The number of hydrogen-bond donors (Lipinski definition) is 2. The normalized spacial score (nSPS) is 10.7. The molecular weight excluding hydrogens is 192 g/mol. The third kappa shape index (κ3) is 4.24. The predicted octanol–water partition coefficient (Wildman–Crippen LogP) is 0.445. The zero-order valence-electron chi connectivity index (χ0n) is 9.23. The molecule has 0 atom stereocenters. The van der Waals surface area contributed by atoms with Crippen molar-refractivity contribution in [2.45, 2.75) is 6.54 Å². The van der Waals surface area contributed by atoms with Crippen LogP contribution in [0.3, 0.4) is 0 Å². The highest BCUT2D eigenvalue weighted by Crippen LogP contribution is 2.07. The number of nitrogen functional groups attached to an aromatic ring is 1. The van der Waals surface area contributed by atoms with Gasteiger partial charge in [0.25, 0.3) is 0 Å². The second-order valence-electron chi connectivity index (χ2n) is 3.41. The number of nitrogens with zero attached hydrogens (tertiary/aromatic N) is 2. The summed E-state index contributed by atoms with van der Waals surface area (Å²) in [5.74, 6) is 5.32. The highest BCUT2D eigenvalue weighted by Gasteiger charge is 2.01. The van der Waals surface area contributed by atoms with Crippen molar-refractivity contribution in [3.05, 3.63) is 24.0 Å². The van der Waals surface area contributed by atoms with Crippen molar-refractivity contribution in [1.82, 2.24) is 9.88 Å². The summed E-state index contributed by atoms with van der Waals surface area (Å²) in [4.78, 5) is 6.40. The molecule has 3 N–H and O–H groups in total. The average Bonchev–Trinajstić information content (AvgIpc) is 2.26. The lowest BCUT2D eigenvalue weighted by Gasteiger charge is -2.15. The number of likely N-dealkylation sites (N-methyl/N-ethyl adjacent to an activating group) is 1. The maximum absolute atomic E-state index is 5.32. The van der Waals surface area contributed by atoms with E-state index >= 15 is 0 Å². The van der Waals surface area contributed by atoms with E-state index in [1.165, 1.54) is 0 Å². The van der Waals surface area contributed by atoms with Gasteiger partial charge in [0.15, 0.2) is 0 Å². The van der Waals surface area contributed by atoms with Gasteiger partial charge in [0, 0.05) is 26.4 Å². The van der Waals surface area contributed by atoms with E-state index in [0.717, 1.165) is 31.1 Å². The van der Waals surface area contributed by atoms with Gasteiger partial charge in [0.1, 0.15) is 0 Å². The molecule has 84 valence electrons. The molecule has 5 nitrogen and oxygen atoms in total. The molecule has 0 unspecified atom stereocenters. The lowest BCUT2D eigenvalue weighted by molar-refractivity contribution is 0.158. The monoisotopic (exact) mass is 210 g/mol. The van der Waals surface area contributed by atoms with Crippen LogP contribution >= 0.6 is 0 Å². The fourth-order valence-corrected chi connectivity index (χ4v) is 1.26. The van der Waals surface area contributed by atoms with Gasteiger partial charge in [-0.05, 0) is 19.2 Å². The van der Waals surface area contributed by atoms with Crippen LogP contribution in [0.4, 0.5) is 5.69 Å². The van der Waals surface area contributed by atoms with E-state index in [0.29, 0.717) is 0 Å². The molecule has 0 aliphatic carbocycles. The molecule has 0 bridgehead atoms. The first kappa shape index (κ1) is 11.9. The molecule has 0 amide bonds. The van der Waals surface area contributed by atoms with Crippen LogP contribution in [0.15, 0.2) is 18.3 Å². The third-order valence-corrected chi connectivity index (χ3v) is 2.09. The van der Waals surface area contributed by atoms with Crippen molar-refractivity contribution in [3.8, 4) is 0 Å². The van der Waals surface area contributed by atoms with Crippen molar-refractivity contribution in [2.75, 3.05) is 32.7 Å². The summed E-state index contributed by atoms with van der Waals surface area (Å²) < 4.78 is 5.00. The second kappa shape index (κ2) is 6.34. The number of nitrogens with two attached hydrogens (primary N) is 1. The topological polar surface area (TPSA) is 63.4 Å². The minimum atomic E-state index is 0.728. The lowest BCUT2D eigenvalue weighted by Crippen LogP contribution is -2.23. The Labute approximate surface area is 90.2 Å². The van der Waals surface area contributed by atoms with E-state index in [1.54, 1.807) is 13.3 Å². The molecule has 0 fully saturated rings. The molecule has 1 aromatic rings. The Kier molecular flexibility index (Phi) is 5.03. The number of ether oxygens (including phenoxy) is 1. The molecule has 0 aromatic carbocycles. The van der Waals surface area contributed by atoms with Crippen LogP contribution < -0.4 is 11.3 Å². The van der Waals surface area contributed by atoms with Crippen molar-refractivity contribution >= 4 is 5.69 Å². The Morgan fingerprint density at radius 1 is 1.60 bits per heavy atom. The molecule has 5 heteroatoms. The van der Waals surface area contributed by atoms with Crippen LogP contribution in [0.25, 0.3) is 0 Å². The van der Waals surface area contributed by atoms with E-state index in [9.17, 15) is 0 Å². The fraction of sp³-hybridized carbons (Fsp3) is 0.500. The van der Waals surface area contributed by atoms with Crippen LogP contribution in [0.2, 0.25) is 0 Å². The fourth-order valence-electron chi connectivity index (χ4n) is 1.26. The van der Waals surface area contributed by atoms with Crippen molar-refractivity contribution in [1.29, 1.82) is 0 Å². The summed E-state index contributed by atoms with van der Waals surface area (Å²) >= 11 is 0. The quantitative estimate of drug-likeness (QED) is 0.527. The largest absolute Gasteiger partial charge is 0.383 e. The molecule has 0 saturated carbocycles. The van der Waals surface area contributed by atoms with Gasteiger partial charge in [-0.1, -0.05) is 0 Å². The Bertz CT molecular complexity index is 293. The van der Waals surface area contributed by atoms with E-state index < -0.39 is 0 Å². The van der Waals surface area contributed by atoms with E-state index in [2.05, 4.69) is 15.3 Å². The highest BCUT2D eigenvalue weighted by molar-refractivity contribution is 5.41. The van der Waals surface area contributed by atoms with Gasteiger partial charge in [-0.2, -0.15) is 0 Å². The molecule has 1 aromatic heterocycles. The standard InChI is InChI=1S/C10H18N4O/c1-14(5-6-15-2)8-10-7-9(13-11)3-4-12-10/h3-4,7H,5-6,8,11H2,1-2H3,(H,12,13). The summed E-state index contributed by atoms with van der Waals surface area (Å²) in [5, 5.41) is 0. The third-order valence-electron chi connectivity index (χ3n) is 2.09. The van der Waals surface area contributed by atoms with Crippen LogP contribution in [0.1, 0.15) is 5.69 Å². The summed E-state index contributed by atoms with van der Waals surface area (Å²) in [6.45, 7) is 2.41. The summed E-state index contributed by atoms with van der Waals surface area (Å²) in [6.07, 6.45) is 1.74. The smallest absolute Gasteiger partial charge is 0.0589 e. The summed E-state index contributed by atoms with van der Waals surface area (Å²) in [5.41, 5.74) is 4.47. The lowest BCUT2D eigenvalue weighted by atomic mass is 10.3. The molecule has 1 heterocycles. The number of anilines is 1. The van der Waals surface area contributed by atoms with Crippen LogP contribution in [-0.2, 0) is 11.3 Å². The Morgan fingerprint density at radius 2 is 2.40 bits per heavy atom. The first-order valence-electron chi connectivity index (χ1n) is 4.85. The molecular formula is C10H18N4O. The highest BCUT2D eigenvalue weighted by atomic mass is 16.5. The Balaban J connectivity index is 2.48. The summed E-state index contributed by atoms with van der Waals surface area (Å²) in [7, 11) is 3.73. The molecule has 0 radical (unpaired) electrons. The minimum Gasteiger partial charge on any atom is -0.383 e. The van der Waals surface area contributed by atoms with E-state index in [1.807, 2.05) is 19.2 Å². The van der Waals surface area contributed by atoms with Gasteiger partial charge in [-0.3, -0.25) is 15.7 Å². The number of methoxy groups -OCH3 is 1. The van der Waals surface area contributed by atoms with Gasteiger partial charge in [0.2, 0.25) is 0 Å². The second-order valence-corrected chi connectivity index (χ2v) is 3.41. The van der Waals surface area contributed by atoms with Crippen molar-refractivity contribution in [3.63, 3.8) is 0 Å². The Hall–Kier alpha value is -1.17. The molecule has 0 aliphatic heterocycles. The zero-order valence-corrected chi connectivity index (χ0v) is 9.23. The molecule has 0 spiro atoms. The van der Waals surface area contributed by atoms with E-state index in [-0.39, 0.29) is 0 Å². The number of hydrazine groups is 1. The van der Waals surface area contributed by atoms with Gasteiger partial charge in [-0.25, -0.2) is 0 Å². The molecule has 15 heavy (non-hydrogen) atoms. The predicted molar refractivity (Wildman–Crippen MR) is 60.3 cm³/mol. The van der Waals surface area contributed by atoms with Crippen LogP contribution in [0.5, 0.6) is 0 Å². The zero-order chi connectivity index (χ0) is 11.1. The van der Waals surface area contributed by atoms with Gasteiger partial charge < -0.3 is 10.2 Å². The number of hydrogen-bond acceptors (Lipinski definition) is 5. The maximum atomic E-state index is 5.32. The van der Waals surface area contributed by atoms with Gasteiger partial charge >= 0.3 is 0 Å². The maximum Gasteiger partial charge on any atom is 0.0589 e. The Morgan fingerprint density at radius 3 is 3.07 bits per heavy atom. The van der Waals surface area contributed by atoms with Gasteiger partial charge in [0.05, 0.1) is 18.0 Å². The molecule has 1 rings (SSSR count). The molecule has 0 saturated heterocycles. The first-order chi connectivity index (χ1) is 7.26. The van der Waals surface area contributed by atoms with Crippen molar-refractivity contribution < 1.29 is 4.74 Å².